The van der Waals surface area contributed by atoms with Gasteiger partial charge in [-0.1, -0.05) is 28.1 Å². The first-order valence-electron chi connectivity index (χ1n) is 7.22. The van der Waals surface area contributed by atoms with Crippen LogP contribution in [0.2, 0.25) is 0 Å². The monoisotopic (exact) mass is 352 g/mol. The van der Waals surface area contributed by atoms with Crippen LogP contribution in [0.15, 0.2) is 28.7 Å². The molecule has 1 heterocycles. The third-order valence-corrected chi connectivity index (χ3v) is 4.53. The number of rotatable bonds is 3. The molecule has 21 heavy (non-hydrogen) atoms. The maximum absolute atomic E-state index is 12.5. The fourth-order valence-electron chi connectivity index (χ4n) is 2.69. The molecule has 0 atom stereocenters. The number of likely N-dealkylation sites (tertiary alicyclic amines) is 1. The van der Waals surface area contributed by atoms with E-state index >= 15 is 0 Å². The Labute approximate surface area is 134 Å². The van der Waals surface area contributed by atoms with Gasteiger partial charge < -0.3 is 9.80 Å². The van der Waals surface area contributed by atoms with Crippen LogP contribution in [-0.4, -0.2) is 41.8 Å². The van der Waals surface area contributed by atoms with E-state index in [9.17, 15) is 9.59 Å². The minimum Gasteiger partial charge on any atom is -0.343 e. The summed E-state index contributed by atoms with van der Waals surface area (Å²) in [6, 6.07) is 8.01. The minimum absolute atomic E-state index is 0.0426. The fourth-order valence-corrected chi connectivity index (χ4v) is 2.96. The largest absolute Gasteiger partial charge is 0.343 e. The number of amides is 2. The van der Waals surface area contributed by atoms with E-state index in [1.807, 2.05) is 36.2 Å². The zero-order valence-electron chi connectivity index (χ0n) is 12.5. The van der Waals surface area contributed by atoms with Crippen LogP contribution in [0, 0.1) is 5.92 Å². The third kappa shape index (κ3) is 4.30. The Hall–Kier alpha value is -1.36. The summed E-state index contributed by atoms with van der Waals surface area (Å²) in [5.74, 6) is 0.325. The lowest BCUT2D eigenvalue weighted by molar-refractivity contribution is -0.139. The molecule has 5 heteroatoms. The summed E-state index contributed by atoms with van der Waals surface area (Å²) >= 11 is 3.41. The highest BCUT2D eigenvalue weighted by Crippen LogP contribution is 2.20. The predicted octanol–water partition coefficient (Wildman–Crippen LogP) is 2.67. The molecular weight excluding hydrogens is 332 g/mol. The minimum atomic E-state index is 0.0426. The van der Waals surface area contributed by atoms with Crippen LogP contribution in [0.1, 0.15) is 25.3 Å². The number of hydrogen-bond donors (Lipinski definition) is 0. The molecule has 1 aliphatic heterocycles. The van der Waals surface area contributed by atoms with Crippen molar-refractivity contribution >= 4 is 27.7 Å². The molecule has 1 aromatic carbocycles. The summed E-state index contributed by atoms with van der Waals surface area (Å²) < 4.78 is 1.04. The van der Waals surface area contributed by atoms with Crippen molar-refractivity contribution in [1.82, 2.24) is 9.80 Å². The summed E-state index contributed by atoms with van der Waals surface area (Å²) in [7, 11) is 1.85. The Morgan fingerprint density at radius 3 is 2.33 bits per heavy atom. The van der Waals surface area contributed by atoms with E-state index in [4.69, 9.17) is 0 Å². The van der Waals surface area contributed by atoms with Gasteiger partial charge in [-0.3, -0.25) is 9.59 Å². The smallest absolute Gasteiger partial charge is 0.225 e. The molecule has 0 aliphatic carbocycles. The van der Waals surface area contributed by atoms with Gasteiger partial charge in [-0.25, -0.2) is 0 Å². The van der Waals surface area contributed by atoms with Gasteiger partial charge in [0.15, 0.2) is 0 Å². The van der Waals surface area contributed by atoms with E-state index in [2.05, 4.69) is 15.9 Å². The molecule has 0 saturated carbocycles. The summed E-state index contributed by atoms with van der Waals surface area (Å²) in [6.45, 7) is 3.59. The Balaban J connectivity index is 1.88. The number of carbonyl (C=O) groups excluding carboxylic acids is 2. The van der Waals surface area contributed by atoms with Crippen molar-refractivity contribution in [3.05, 3.63) is 34.3 Å². The number of nitrogens with zero attached hydrogens (tertiary/aromatic N) is 2. The highest BCUT2D eigenvalue weighted by Gasteiger charge is 2.27. The summed E-state index contributed by atoms with van der Waals surface area (Å²) in [5.41, 5.74) is 1.12. The first-order chi connectivity index (χ1) is 9.97. The Bertz CT molecular complexity index is 508. The molecular formula is C16H21BrN2O2. The highest BCUT2D eigenvalue weighted by atomic mass is 79.9. The highest BCUT2D eigenvalue weighted by molar-refractivity contribution is 9.10. The van der Waals surface area contributed by atoms with E-state index in [0.717, 1.165) is 22.9 Å². The molecule has 114 valence electrons. The van der Waals surface area contributed by atoms with Gasteiger partial charge in [0.05, 0.1) is 0 Å². The third-order valence-electron chi connectivity index (χ3n) is 4.00. The summed E-state index contributed by atoms with van der Waals surface area (Å²) in [5, 5.41) is 0. The zero-order chi connectivity index (χ0) is 15.4. The average Bonchev–Trinajstić information content (AvgIpc) is 2.49. The van der Waals surface area contributed by atoms with Crippen molar-refractivity contribution in [2.45, 2.75) is 26.3 Å². The van der Waals surface area contributed by atoms with E-state index in [1.54, 1.807) is 11.8 Å². The lowest BCUT2D eigenvalue weighted by atomic mass is 9.95. The molecule has 2 amide bonds. The SMILES string of the molecule is CC(=O)N1CCC(C(=O)N(C)Cc2ccc(Br)cc2)CC1. The molecule has 1 fully saturated rings. The summed E-state index contributed by atoms with van der Waals surface area (Å²) in [6.07, 6.45) is 1.53. The van der Waals surface area contributed by atoms with Gasteiger partial charge in [0, 0.05) is 44.0 Å². The van der Waals surface area contributed by atoms with E-state index < -0.39 is 0 Å². The molecule has 0 bridgehead atoms. The Morgan fingerprint density at radius 2 is 1.81 bits per heavy atom. The number of halogens is 1. The second-order valence-corrected chi connectivity index (χ2v) is 6.52. The van der Waals surface area contributed by atoms with Crippen LogP contribution in [-0.2, 0) is 16.1 Å². The second-order valence-electron chi connectivity index (χ2n) is 5.60. The van der Waals surface area contributed by atoms with Crippen molar-refractivity contribution in [2.75, 3.05) is 20.1 Å². The number of hydrogen-bond acceptors (Lipinski definition) is 2. The van der Waals surface area contributed by atoms with Gasteiger partial charge in [0.25, 0.3) is 0 Å². The van der Waals surface area contributed by atoms with E-state index in [-0.39, 0.29) is 17.7 Å². The normalized spacial score (nSPS) is 15.9. The number of carbonyl (C=O) groups is 2. The second kappa shape index (κ2) is 7.07. The molecule has 1 saturated heterocycles. The molecule has 1 aliphatic rings. The van der Waals surface area contributed by atoms with Crippen molar-refractivity contribution < 1.29 is 9.59 Å². The molecule has 0 unspecified atom stereocenters. The van der Waals surface area contributed by atoms with Gasteiger partial charge in [0.1, 0.15) is 0 Å². The van der Waals surface area contributed by atoms with Gasteiger partial charge in [-0.2, -0.15) is 0 Å². The van der Waals surface area contributed by atoms with Crippen molar-refractivity contribution in [3.8, 4) is 0 Å². The summed E-state index contributed by atoms with van der Waals surface area (Å²) in [4.78, 5) is 27.4. The lowest BCUT2D eigenvalue weighted by Gasteiger charge is -2.32. The van der Waals surface area contributed by atoms with Crippen molar-refractivity contribution in [3.63, 3.8) is 0 Å². The standard InChI is InChI=1S/C16H21BrN2O2/c1-12(20)19-9-7-14(8-10-19)16(21)18(2)11-13-3-5-15(17)6-4-13/h3-6,14H,7-11H2,1-2H3. The average molecular weight is 353 g/mol. The van der Waals surface area contributed by atoms with Gasteiger partial charge >= 0.3 is 0 Å². The molecule has 0 spiro atoms. The van der Waals surface area contributed by atoms with Crippen molar-refractivity contribution in [2.24, 2.45) is 5.92 Å². The van der Waals surface area contributed by atoms with Crippen LogP contribution in [0.5, 0.6) is 0 Å². The Morgan fingerprint density at radius 1 is 1.24 bits per heavy atom. The van der Waals surface area contributed by atoms with Crippen LogP contribution in [0.3, 0.4) is 0 Å². The topological polar surface area (TPSA) is 40.6 Å². The van der Waals surface area contributed by atoms with Crippen LogP contribution < -0.4 is 0 Å². The molecule has 2 rings (SSSR count). The van der Waals surface area contributed by atoms with Gasteiger partial charge in [-0.15, -0.1) is 0 Å². The van der Waals surface area contributed by atoms with Crippen LogP contribution in [0.25, 0.3) is 0 Å². The van der Waals surface area contributed by atoms with E-state index in [1.165, 1.54) is 0 Å². The first-order valence-corrected chi connectivity index (χ1v) is 8.01. The molecule has 0 aromatic heterocycles. The Kier molecular flexibility index (Phi) is 5.39. The molecule has 0 radical (unpaired) electrons. The quantitative estimate of drug-likeness (QED) is 0.838. The molecule has 0 N–H and O–H groups in total. The molecule has 1 aromatic rings. The number of piperidine rings is 1. The fraction of sp³-hybridized carbons (Fsp3) is 0.500. The van der Waals surface area contributed by atoms with Crippen LogP contribution >= 0.6 is 15.9 Å². The number of benzene rings is 1. The first kappa shape index (κ1) is 16.0. The van der Waals surface area contributed by atoms with E-state index in [0.29, 0.717) is 19.6 Å². The lowest BCUT2D eigenvalue weighted by Crippen LogP contribution is -2.42. The molecule has 4 nitrogen and oxygen atoms in total. The maximum Gasteiger partial charge on any atom is 0.225 e. The van der Waals surface area contributed by atoms with Gasteiger partial charge in [0.2, 0.25) is 11.8 Å². The van der Waals surface area contributed by atoms with Crippen molar-refractivity contribution in [1.29, 1.82) is 0 Å². The zero-order valence-corrected chi connectivity index (χ0v) is 14.1. The van der Waals surface area contributed by atoms with Gasteiger partial charge in [-0.05, 0) is 30.5 Å². The predicted molar refractivity (Wildman–Crippen MR) is 85.6 cm³/mol. The maximum atomic E-state index is 12.5. The van der Waals surface area contributed by atoms with Crippen LogP contribution in [0.4, 0.5) is 0 Å².